The molecule has 0 saturated heterocycles. The van der Waals surface area contributed by atoms with Gasteiger partial charge >= 0.3 is 6.03 Å². The molecule has 5 heteroatoms. The first-order valence-corrected chi connectivity index (χ1v) is 6.31. The SMILES string of the molecule is CC(C)CCNC(=O)Nc1cc(C(C)(C)C)on1. The van der Waals surface area contributed by atoms with Gasteiger partial charge in [0, 0.05) is 18.0 Å². The Kier molecular flexibility index (Phi) is 4.76. The Morgan fingerprint density at radius 3 is 2.61 bits per heavy atom. The minimum atomic E-state index is -0.246. The van der Waals surface area contributed by atoms with Crippen LogP contribution in [0.2, 0.25) is 0 Å². The Balaban J connectivity index is 2.43. The van der Waals surface area contributed by atoms with E-state index in [1.807, 2.05) is 20.8 Å². The lowest BCUT2D eigenvalue weighted by Gasteiger charge is -2.12. The number of aromatic nitrogens is 1. The molecule has 2 amide bonds. The van der Waals surface area contributed by atoms with E-state index in [0.29, 0.717) is 18.3 Å². The second kappa shape index (κ2) is 5.89. The number of hydrogen-bond donors (Lipinski definition) is 2. The zero-order valence-corrected chi connectivity index (χ0v) is 11.8. The number of carbonyl (C=O) groups is 1. The molecular weight excluding hydrogens is 230 g/mol. The highest BCUT2D eigenvalue weighted by molar-refractivity contribution is 5.88. The lowest BCUT2D eigenvalue weighted by molar-refractivity contribution is 0.251. The second-order valence-corrected chi connectivity index (χ2v) is 5.89. The molecule has 0 aliphatic carbocycles. The van der Waals surface area contributed by atoms with Crippen LogP contribution in [-0.4, -0.2) is 17.7 Å². The molecule has 2 N–H and O–H groups in total. The summed E-state index contributed by atoms with van der Waals surface area (Å²) in [5.41, 5.74) is -0.110. The van der Waals surface area contributed by atoms with Crippen molar-refractivity contribution in [3.63, 3.8) is 0 Å². The highest BCUT2D eigenvalue weighted by Gasteiger charge is 2.20. The molecule has 1 aromatic heterocycles. The molecule has 1 heterocycles. The van der Waals surface area contributed by atoms with Gasteiger partial charge in [0.15, 0.2) is 5.82 Å². The summed E-state index contributed by atoms with van der Waals surface area (Å²) >= 11 is 0. The third kappa shape index (κ3) is 4.77. The van der Waals surface area contributed by atoms with Crippen LogP contribution >= 0.6 is 0 Å². The van der Waals surface area contributed by atoms with Crippen LogP contribution in [-0.2, 0) is 5.41 Å². The van der Waals surface area contributed by atoms with E-state index in [0.717, 1.165) is 12.2 Å². The lowest BCUT2D eigenvalue weighted by atomic mass is 9.93. The van der Waals surface area contributed by atoms with E-state index in [1.165, 1.54) is 0 Å². The van der Waals surface area contributed by atoms with Crippen molar-refractivity contribution in [3.8, 4) is 0 Å². The quantitative estimate of drug-likeness (QED) is 0.866. The van der Waals surface area contributed by atoms with Gasteiger partial charge in [0.05, 0.1) is 0 Å². The zero-order chi connectivity index (χ0) is 13.8. The van der Waals surface area contributed by atoms with E-state index in [2.05, 4.69) is 29.6 Å². The topological polar surface area (TPSA) is 67.2 Å². The number of nitrogens with one attached hydrogen (secondary N) is 2. The molecule has 102 valence electrons. The molecule has 0 fully saturated rings. The van der Waals surface area contributed by atoms with Crippen molar-refractivity contribution < 1.29 is 9.32 Å². The van der Waals surface area contributed by atoms with Crippen LogP contribution in [0.5, 0.6) is 0 Å². The first-order chi connectivity index (χ1) is 8.29. The van der Waals surface area contributed by atoms with Crippen molar-refractivity contribution in [2.24, 2.45) is 5.92 Å². The summed E-state index contributed by atoms with van der Waals surface area (Å²) in [5, 5.41) is 9.25. The van der Waals surface area contributed by atoms with Gasteiger partial charge in [-0.05, 0) is 12.3 Å². The maximum atomic E-state index is 11.5. The molecule has 5 nitrogen and oxygen atoms in total. The normalized spacial score (nSPS) is 11.7. The van der Waals surface area contributed by atoms with Gasteiger partial charge in [-0.25, -0.2) is 4.79 Å². The van der Waals surface area contributed by atoms with Crippen molar-refractivity contribution in [2.75, 3.05) is 11.9 Å². The van der Waals surface area contributed by atoms with E-state index < -0.39 is 0 Å². The summed E-state index contributed by atoms with van der Waals surface area (Å²) in [5.74, 6) is 1.77. The molecule has 18 heavy (non-hydrogen) atoms. The molecule has 0 unspecified atom stereocenters. The number of anilines is 1. The van der Waals surface area contributed by atoms with E-state index >= 15 is 0 Å². The molecular formula is C13H23N3O2. The third-order valence-electron chi connectivity index (χ3n) is 2.50. The Bertz CT molecular complexity index is 391. The predicted molar refractivity (Wildman–Crippen MR) is 71.7 cm³/mol. The minimum absolute atomic E-state index is 0.110. The van der Waals surface area contributed by atoms with Gasteiger partial charge in [-0.1, -0.05) is 39.8 Å². The maximum absolute atomic E-state index is 11.5. The minimum Gasteiger partial charge on any atom is -0.359 e. The molecule has 0 saturated carbocycles. The number of hydrogen-bond acceptors (Lipinski definition) is 3. The van der Waals surface area contributed by atoms with Gasteiger partial charge < -0.3 is 9.84 Å². The van der Waals surface area contributed by atoms with Crippen LogP contribution in [0, 0.1) is 5.92 Å². The van der Waals surface area contributed by atoms with Gasteiger partial charge in [-0.15, -0.1) is 0 Å². The van der Waals surface area contributed by atoms with Crippen molar-refractivity contribution in [2.45, 2.75) is 46.5 Å². The van der Waals surface area contributed by atoms with Gasteiger partial charge in [0.2, 0.25) is 0 Å². The number of carbonyl (C=O) groups excluding carboxylic acids is 1. The molecule has 1 rings (SSSR count). The summed E-state index contributed by atoms with van der Waals surface area (Å²) in [6.07, 6.45) is 0.958. The van der Waals surface area contributed by atoms with E-state index in [4.69, 9.17) is 4.52 Å². The molecule has 0 aromatic carbocycles. The van der Waals surface area contributed by atoms with Crippen molar-refractivity contribution >= 4 is 11.8 Å². The maximum Gasteiger partial charge on any atom is 0.320 e. The second-order valence-electron chi connectivity index (χ2n) is 5.89. The highest BCUT2D eigenvalue weighted by atomic mass is 16.5. The van der Waals surface area contributed by atoms with Crippen LogP contribution in [0.15, 0.2) is 10.6 Å². The number of rotatable bonds is 4. The summed E-state index contributed by atoms with van der Waals surface area (Å²) in [6, 6.07) is 1.51. The standard InChI is InChI=1S/C13H23N3O2/c1-9(2)6-7-14-12(17)15-11-8-10(18-16-11)13(3,4)5/h8-9H,6-7H2,1-5H3,(H2,14,15,16,17). The van der Waals surface area contributed by atoms with Gasteiger partial charge in [-0.2, -0.15) is 0 Å². The Morgan fingerprint density at radius 1 is 1.44 bits per heavy atom. The first-order valence-electron chi connectivity index (χ1n) is 6.31. The zero-order valence-electron chi connectivity index (χ0n) is 11.8. The average molecular weight is 253 g/mol. The Morgan fingerprint density at radius 2 is 2.11 bits per heavy atom. The van der Waals surface area contributed by atoms with Gasteiger partial charge in [0.25, 0.3) is 0 Å². The number of nitrogens with zero attached hydrogens (tertiary/aromatic N) is 1. The molecule has 0 atom stereocenters. The Labute approximate surface area is 108 Å². The lowest BCUT2D eigenvalue weighted by Crippen LogP contribution is -2.30. The van der Waals surface area contributed by atoms with E-state index in [-0.39, 0.29) is 11.4 Å². The predicted octanol–water partition coefficient (Wildman–Crippen LogP) is 3.14. The summed E-state index contributed by atoms with van der Waals surface area (Å²) in [4.78, 5) is 11.5. The van der Waals surface area contributed by atoms with Crippen LogP contribution in [0.3, 0.4) is 0 Å². The first kappa shape index (κ1) is 14.5. The van der Waals surface area contributed by atoms with E-state index in [1.54, 1.807) is 6.07 Å². The smallest absolute Gasteiger partial charge is 0.320 e. The van der Waals surface area contributed by atoms with Gasteiger partial charge in [0.1, 0.15) is 5.76 Å². The Hall–Kier alpha value is -1.52. The average Bonchev–Trinajstić information content (AvgIpc) is 2.64. The fourth-order valence-electron chi connectivity index (χ4n) is 1.32. The van der Waals surface area contributed by atoms with Crippen molar-refractivity contribution in [1.82, 2.24) is 10.5 Å². The third-order valence-corrected chi connectivity index (χ3v) is 2.50. The molecule has 0 radical (unpaired) electrons. The molecule has 0 aliphatic rings. The molecule has 0 aliphatic heterocycles. The molecule has 0 spiro atoms. The van der Waals surface area contributed by atoms with Crippen LogP contribution < -0.4 is 10.6 Å². The van der Waals surface area contributed by atoms with Gasteiger partial charge in [-0.3, -0.25) is 5.32 Å². The van der Waals surface area contributed by atoms with Crippen LogP contribution in [0.1, 0.15) is 46.8 Å². The number of urea groups is 1. The summed E-state index contributed by atoms with van der Waals surface area (Å²) < 4.78 is 5.18. The number of amides is 2. The van der Waals surface area contributed by atoms with Crippen molar-refractivity contribution in [3.05, 3.63) is 11.8 Å². The fourth-order valence-corrected chi connectivity index (χ4v) is 1.32. The largest absolute Gasteiger partial charge is 0.359 e. The van der Waals surface area contributed by atoms with Crippen LogP contribution in [0.25, 0.3) is 0 Å². The summed E-state index contributed by atoms with van der Waals surface area (Å²) in [7, 11) is 0. The van der Waals surface area contributed by atoms with Crippen LogP contribution in [0.4, 0.5) is 10.6 Å². The highest BCUT2D eigenvalue weighted by Crippen LogP contribution is 2.24. The fraction of sp³-hybridized carbons (Fsp3) is 0.692. The monoisotopic (exact) mass is 253 g/mol. The molecule has 1 aromatic rings. The van der Waals surface area contributed by atoms with Crippen molar-refractivity contribution in [1.29, 1.82) is 0 Å². The van der Waals surface area contributed by atoms with E-state index in [9.17, 15) is 4.79 Å². The molecule has 0 bridgehead atoms. The summed E-state index contributed by atoms with van der Waals surface area (Å²) in [6.45, 7) is 11.0.